The third kappa shape index (κ3) is 2.49. The Morgan fingerprint density at radius 2 is 2.05 bits per heavy atom. The van der Waals surface area contributed by atoms with Crippen molar-refractivity contribution < 1.29 is 9.53 Å². The van der Waals surface area contributed by atoms with Gasteiger partial charge in [-0.15, -0.1) is 0 Å². The molecule has 4 heteroatoms. The zero-order chi connectivity index (χ0) is 13.2. The fraction of sp³-hybridized carbons (Fsp3) is 0.133. The van der Waals surface area contributed by atoms with Crippen LogP contribution in [-0.2, 0) is 6.42 Å². The van der Waals surface area contributed by atoms with Crippen LogP contribution in [0.5, 0.6) is 5.75 Å². The third-order valence-electron chi connectivity index (χ3n) is 3.07. The van der Waals surface area contributed by atoms with E-state index in [1.54, 1.807) is 6.07 Å². The van der Waals surface area contributed by atoms with Gasteiger partial charge >= 0.3 is 0 Å². The van der Waals surface area contributed by atoms with E-state index in [1.165, 1.54) is 0 Å². The summed E-state index contributed by atoms with van der Waals surface area (Å²) >= 11 is 3.38. The highest BCUT2D eigenvalue weighted by atomic mass is 79.9. The molecule has 2 aromatic carbocycles. The molecule has 1 amide bonds. The summed E-state index contributed by atoms with van der Waals surface area (Å²) in [7, 11) is 0. The first kappa shape index (κ1) is 12.2. The summed E-state index contributed by atoms with van der Waals surface area (Å²) in [6.07, 6.45) is 0.897. The molecule has 3 rings (SSSR count). The van der Waals surface area contributed by atoms with Crippen LogP contribution in [-0.4, -0.2) is 12.5 Å². The van der Waals surface area contributed by atoms with E-state index in [-0.39, 0.29) is 5.91 Å². The first-order chi connectivity index (χ1) is 9.24. The maximum absolute atomic E-state index is 12.2. The fourth-order valence-corrected chi connectivity index (χ4v) is 2.57. The Hall–Kier alpha value is -1.81. The van der Waals surface area contributed by atoms with Crippen LogP contribution in [0.4, 0.5) is 5.69 Å². The van der Waals surface area contributed by atoms with E-state index in [0.29, 0.717) is 5.56 Å². The summed E-state index contributed by atoms with van der Waals surface area (Å²) in [4.78, 5) is 12.2. The van der Waals surface area contributed by atoms with E-state index in [0.717, 1.165) is 34.5 Å². The molecule has 19 heavy (non-hydrogen) atoms. The molecule has 0 unspecified atom stereocenters. The number of hydrogen-bond acceptors (Lipinski definition) is 2. The van der Waals surface area contributed by atoms with Gasteiger partial charge in [0.2, 0.25) is 0 Å². The van der Waals surface area contributed by atoms with Crippen LogP contribution in [0, 0.1) is 0 Å². The zero-order valence-corrected chi connectivity index (χ0v) is 11.7. The molecule has 0 aromatic heterocycles. The van der Waals surface area contributed by atoms with E-state index >= 15 is 0 Å². The number of carbonyl (C=O) groups excluding carboxylic acids is 1. The highest BCUT2D eigenvalue weighted by Crippen LogP contribution is 2.28. The summed E-state index contributed by atoms with van der Waals surface area (Å²) in [5.41, 5.74) is 2.56. The van der Waals surface area contributed by atoms with E-state index in [2.05, 4.69) is 21.2 Å². The maximum atomic E-state index is 12.2. The Balaban J connectivity index is 1.82. The molecule has 0 spiro atoms. The normalized spacial score (nSPS) is 12.7. The number of benzene rings is 2. The van der Waals surface area contributed by atoms with Crippen molar-refractivity contribution in [3.8, 4) is 5.75 Å². The Kier molecular flexibility index (Phi) is 3.25. The molecule has 0 saturated heterocycles. The second kappa shape index (κ2) is 5.05. The molecule has 2 aromatic rings. The molecule has 3 nitrogen and oxygen atoms in total. The van der Waals surface area contributed by atoms with Crippen LogP contribution in [0.25, 0.3) is 0 Å². The standard InChI is InChI=1S/C15H12BrNO2/c16-13-4-2-1-3-12(13)15(18)17-11-5-6-14-10(9-11)7-8-19-14/h1-6,9H,7-8H2,(H,17,18). The average molecular weight is 318 g/mol. The van der Waals surface area contributed by atoms with Crippen molar-refractivity contribution in [2.75, 3.05) is 11.9 Å². The minimum atomic E-state index is -0.119. The number of nitrogens with one attached hydrogen (secondary N) is 1. The molecular formula is C15H12BrNO2. The lowest BCUT2D eigenvalue weighted by molar-refractivity contribution is 0.102. The second-order valence-corrected chi connectivity index (χ2v) is 5.21. The summed E-state index contributed by atoms with van der Waals surface area (Å²) in [5.74, 6) is 0.797. The molecule has 0 fully saturated rings. The summed E-state index contributed by atoms with van der Waals surface area (Å²) in [5, 5.41) is 2.90. The maximum Gasteiger partial charge on any atom is 0.256 e. The molecule has 0 aliphatic carbocycles. The van der Waals surface area contributed by atoms with Crippen molar-refractivity contribution >= 4 is 27.5 Å². The molecule has 0 radical (unpaired) electrons. The zero-order valence-electron chi connectivity index (χ0n) is 10.2. The van der Waals surface area contributed by atoms with Gasteiger partial charge in [-0.1, -0.05) is 12.1 Å². The van der Waals surface area contributed by atoms with Gasteiger partial charge in [0.15, 0.2) is 0 Å². The van der Waals surface area contributed by atoms with E-state index in [4.69, 9.17) is 4.74 Å². The molecule has 0 atom stereocenters. The Bertz CT molecular complexity index is 640. The molecule has 0 bridgehead atoms. The minimum absolute atomic E-state index is 0.119. The number of halogens is 1. The smallest absolute Gasteiger partial charge is 0.256 e. The molecule has 1 aliphatic rings. The average Bonchev–Trinajstić information content (AvgIpc) is 2.86. The Labute approximate surface area is 119 Å². The topological polar surface area (TPSA) is 38.3 Å². The predicted molar refractivity (Wildman–Crippen MR) is 77.7 cm³/mol. The van der Waals surface area contributed by atoms with Crippen molar-refractivity contribution in [2.45, 2.75) is 6.42 Å². The lowest BCUT2D eigenvalue weighted by Gasteiger charge is -2.08. The largest absolute Gasteiger partial charge is 0.493 e. The van der Waals surface area contributed by atoms with Gasteiger partial charge in [-0.3, -0.25) is 4.79 Å². The highest BCUT2D eigenvalue weighted by molar-refractivity contribution is 9.10. The number of fused-ring (bicyclic) bond motifs is 1. The lowest BCUT2D eigenvalue weighted by Crippen LogP contribution is -2.12. The highest BCUT2D eigenvalue weighted by Gasteiger charge is 2.14. The summed E-state index contributed by atoms with van der Waals surface area (Å²) in [6, 6.07) is 13.1. The van der Waals surface area contributed by atoms with Gasteiger partial charge in [-0.2, -0.15) is 0 Å². The fourth-order valence-electron chi connectivity index (χ4n) is 2.11. The van der Waals surface area contributed by atoms with Crippen LogP contribution in [0.15, 0.2) is 46.9 Å². The Morgan fingerprint density at radius 3 is 2.89 bits per heavy atom. The van der Waals surface area contributed by atoms with Gasteiger partial charge in [0.05, 0.1) is 12.2 Å². The monoisotopic (exact) mass is 317 g/mol. The number of ether oxygens (including phenoxy) is 1. The minimum Gasteiger partial charge on any atom is -0.493 e. The van der Waals surface area contributed by atoms with Crippen LogP contribution in [0.1, 0.15) is 15.9 Å². The molecule has 0 saturated carbocycles. The first-order valence-corrected chi connectivity index (χ1v) is 6.85. The van der Waals surface area contributed by atoms with Gasteiger partial charge in [-0.05, 0) is 51.8 Å². The molecule has 1 N–H and O–H groups in total. The summed E-state index contributed by atoms with van der Waals surface area (Å²) in [6.45, 7) is 0.719. The van der Waals surface area contributed by atoms with Crippen LogP contribution in [0.3, 0.4) is 0 Å². The number of hydrogen-bond donors (Lipinski definition) is 1. The molecule has 1 aliphatic heterocycles. The molecule has 96 valence electrons. The van der Waals surface area contributed by atoms with Crippen molar-refractivity contribution in [1.82, 2.24) is 0 Å². The van der Waals surface area contributed by atoms with E-state index < -0.39 is 0 Å². The number of carbonyl (C=O) groups is 1. The van der Waals surface area contributed by atoms with Crippen LogP contribution >= 0.6 is 15.9 Å². The SMILES string of the molecule is O=C(Nc1ccc2c(c1)CCO2)c1ccccc1Br. The predicted octanol–water partition coefficient (Wildman–Crippen LogP) is 3.64. The Morgan fingerprint density at radius 1 is 1.21 bits per heavy atom. The van der Waals surface area contributed by atoms with Gasteiger partial charge in [0, 0.05) is 16.6 Å². The number of rotatable bonds is 2. The quantitative estimate of drug-likeness (QED) is 0.918. The van der Waals surface area contributed by atoms with Crippen molar-refractivity contribution in [1.29, 1.82) is 0 Å². The summed E-state index contributed by atoms with van der Waals surface area (Å²) < 4.78 is 6.23. The third-order valence-corrected chi connectivity index (χ3v) is 3.76. The van der Waals surface area contributed by atoms with E-state index in [1.807, 2.05) is 36.4 Å². The second-order valence-electron chi connectivity index (χ2n) is 4.35. The molecule has 1 heterocycles. The number of amides is 1. The van der Waals surface area contributed by atoms with Gasteiger partial charge in [0.1, 0.15) is 5.75 Å². The van der Waals surface area contributed by atoms with Crippen molar-refractivity contribution in [3.63, 3.8) is 0 Å². The van der Waals surface area contributed by atoms with Crippen LogP contribution < -0.4 is 10.1 Å². The van der Waals surface area contributed by atoms with Crippen molar-refractivity contribution in [3.05, 3.63) is 58.1 Å². The van der Waals surface area contributed by atoms with Gasteiger partial charge in [0.25, 0.3) is 5.91 Å². The molecular weight excluding hydrogens is 306 g/mol. The van der Waals surface area contributed by atoms with Crippen molar-refractivity contribution in [2.24, 2.45) is 0 Å². The van der Waals surface area contributed by atoms with Crippen LogP contribution in [0.2, 0.25) is 0 Å². The lowest BCUT2D eigenvalue weighted by atomic mass is 10.1. The van der Waals surface area contributed by atoms with Gasteiger partial charge < -0.3 is 10.1 Å². The van der Waals surface area contributed by atoms with Gasteiger partial charge in [-0.25, -0.2) is 0 Å². The first-order valence-electron chi connectivity index (χ1n) is 6.05. The number of anilines is 1. The van der Waals surface area contributed by atoms with E-state index in [9.17, 15) is 4.79 Å².